The van der Waals surface area contributed by atoms with Crippen LogP contribution in [0.2, 0.25) is 0 Å². The molecule has 0 bridgehead atoms. The van der Waals surface area contributed by atoms with E-state index in [1.807, 2.05) is 0 Å². The molecule has 0 fully saturated rings. The van der Waals surface area contributed by atoms with Crippen LogP contribution in [0, 0.1) is 0 Å². The van der Waals surface area contributed by atoms with Gasteiger partial charge in [0.25, 0.3) is 0 Å². The minimum absolute atomic E-state index is 0.278. The molecule has 0 spiro atoms. The maximum Gasteiger partial charge on any atom is 0.407 e. The number of ether oxygens (including phenoxy) is 1. The lowest BCUT2D eigenvalue weighted by atomic mass is 10.1. The molecule has 0 aliphatic heterocycles. The van der Waals surface area contributed by atoms with Crippen LogP contribution in [-0.4, -0.2) is 41.5 Å². The highest BCUT2D eigenvalue weighted by molar-refractivity contribution is 5.79. The molecule has 0 aromatic heterocycles. The summed E-state index contributed by atoms with van der Waals surface area (Å²) in [5, 5.41) is 19.5. The summed E-state index contributed by atoms with van der Waals surface area (Å²) in [5.74, 6) is -1.28. The average molecular weight is 317 g/mol. The topological polar surface area (TPSA) is 95.9 Å². The molecule has 22 heavy (non-hydrogen) atoms. The molecular weight excluding hydrogens is 286 g/mol. The highest BCUT2D eigenvalue weighted by Gasteiger charge is 2.19. The number of aliphatic carboxylic acids is 1. The van der Waals surface area contributed by atoms with Crippen LogP contribution < -0.4 is 5.32 Å². The van der Waals surface area contributed by atoms with E-state index in [2.05, 4.69) is 12.2 Å². The van der Waals surface area contributed by atoms with Crippen molar-refractivity contribution in [1.29, 1.82) is 0 Å². The molecule has 0 saturated heterocycles. The van der Waals surface area contributed by atoms with E-state index in [0.29, 0.717) is 0 Å². The number of aliphatic hydroxyl groups is 1. The Morgan fingerprint density at radius 1 is 0.955 bits per heavy atom. The van der Waals surface area contributed by atoms with Crippen LogP contribution in [0.15, 0.2) is 0 Å². The van der Waals surface area contributed by atoms with Crippen molar-refractivity contribution in [1.82, 2.24) is 5.32 Å². The van der Waals surface area contributed by atoms with Gasteiger partial charge in [-0.25, -0.2) is 9.59 Å². The second-order valence-electron chi connectivity index (χ2n) is 5.54. The monoisotopic (exact) mass is 317 g/mol. The van der Waals surface area contributed by atoms with E-state index in [1.165, 1.54) is 44.9 Å². The van der Waals surface area contributed by atoms with E-state index < -0.39 is 24.7 Å². The second kappa shape index (κ2) is 14.6. The number of amides is 1. The Balaban J connectivity index is 3.35. The molecule has 0 rings (SSSR count). The third kappa shape index (κ3) is 12.4. The van der Waals surface area contributed by atoms with Gasteiger partial charge in [0, 0.05) is 0 Å². The van der Waals surface area contributed by atoms with Gasteiger partial charge in [0.2, 0.25) is 0 Å². The number of unbranched alkanes of at least 4 members (excludes halogenated alkanes) is 9. The zero-order valence-corrected chi connectivity index (χ0v) is 13.7. The average Bonchev–Trinajstić information content (AvgIpc) is 2.50. The molecular formula is C16H31NO5. The summed E-state index contributed by atoms with van der Waals surface area (Å²) in [7, 11) is 0. The highest BCUT2D eigenvalue weighted by atomic mass is 16.5. The molecule has 0 heterocycles. The molecule has 0 aliphatic rings. The lowest BCUT2D eigenvalue weighted by Crippen LogP contribution is -2.43. The Hall–Kier alpha value is -1.30. The van der Waals surface area contributed by atoms with Gasteiger partial charge in [0.1, 0.15) is 0 Å². The summed E-state index contributed by atoms with van der Waals surface area (Å²) in [6.45, 7) is 1.84. The van der Waals surface area contributed by atoms with E-state index in [-0.39, 0.29) is 6.61 Å². The fourth-order valence-corrected chi connectivity index (χ4v) is 2.12. The maximum absolute atomic E-state index is 11.3. The van der Waals surface area contributed by atoms with E-state index in [1.54, 1.807) is 0 Å². The predicted molar refractivity (Wildman–Crippen MR) is 84.8 cm³/mol. The summed E-state index contributed by atoms with van der Waals surface area (Å²) >= 11 is 0. The number of carbonyl (C=O) groups excluding carboxylic acids is 1. The zero-order valence-electron chi connectivity index (χ0n) is 13.7. The molecule has 0 saturated carbocycles. The fourth-order valence-electron chi connectivity index (χ4n) is 2.12. The number of carbonyl (C=O) groups is 2. The van der Waals surface area contributed by atoms with Crippen molar-refractivity contribution >= 4 is 12.1 Å². The van der Waals surface area contributed by atoms with Gasteiger partial charge in [-0.3, -0.25) is 0 Å². The van der Waals surface area contributed by atoms with Gasteiger partial charge in [0.15, 0.2) is 6.04 Å². The number of aliphatic hydroxyl groups excluding tert-OH is 1. The van der Waals surface area contributed by atoms with Gasteiger partial charge in [-0.15, -0.1) is 0 Å². The van der Waals surface area contributed by atoms with Crippen LogP contribution in [0.25, 0.3) is 0 Å². The minimum Gasteiger partial charge on any atom is -0.480 e. The first kappa shape index (κ1) is 20.7. The standard InChI is InChI=1S/C16H31NO5/c1-2-3-4-5-6-7-8-9-10-11-12-22-16(21)17-14(13-18)15(19)20/h14,18H,2-13H2,1H3,(H,17,21)(H,19,20)/t14-/m0/s1. The van der Waals surface area contributed by atoms with Crippen molar-refractivity contribution in [2.24, 2.45) is 0 Å². The number of rotatable bonds is 14. The smallest absolute Gasteiger partial charge is 0.407 e. The van der Waals surface area contributed by atoms with Gasteiger partial charge in [0.05, 0.1) is 13.2 Å². The van der Waals surface area contributed by atoms with Gasteiger partial charge in [-0.1, -0.05) is 64.7 Å². The van der Waals surface area contributed by atoms with Crippen LogP contribution in [0.5, 0.6) is 0 Å². The summed E-state index contributed by atoms with van der Waals surface area (Å²) in [5.41, 5.74) is 0. The molecule has 0 aromatic carbocycles. The van der Waals surface area contributed by atoms with E-state index in [0.717, 1.165) is 19.3 Å². The first-order valence-corrected chi connectivity index (χ1v) is 8.38. The number of carboxylic acid groups (broad SMARTS) is 1. The summed E-state index contributed by atoms with van der Waals surface area (Å²) < 4.78 is 4.87. The third-order valence-corrected chi connectivity index (χ3v) is 3.50. The Morgan fingerprint density at radius 2 is 1.45 bits per heavy atom. The summed E-state index contributed by atoms with van der Waals surface area (Å²) in [4.78, 5) is 21.9. The van der Waals surface area contributed by atoms with Crippen LogP contribution in [0.1, 0.15) is 71.1 Å². The van der Waals surface area contributed by atoms with Crippen molar-refractivity contribution in [3.05, 3.63) is 0 Å². The molecule has 0 unspecified atom stereocenters. The Kier molecular flexibility index (Phi) is 13.8. The van der Waals surface area contributed by atoms with Crippen molar-refractivity contribution < 1.29 is 24.5 Å². The highest BCUT2D eigenvalue weighted by Crippen LogP contribution is 2.10. The van der Waals surface area contributed by atoms with E-state index in [4.69, 9.17) is 14.9 Å². The van der Waals surface area contributed by atoms with Crippen molar-refractivity contribution in [3.8, 4) is 0 Å². The van der Waals surface area contributed by atoms with Crippen molar-refractivity contribution in [3.63, 3.8) is 0 Å². The molecule has 0 aliphatic carbocycles. The van der Waals surface area contributed by atoms with E-state index >= 15 is 0 Å². The Labute approximate surface area is 133 Å². The van der Waals surface area contributed by atoms with Crippen molar-refractivity contribution in [2.75, 3.05) is 13.2 Å². The number of hydrogen-bond acceptors (Lipinski definition) is 4. The van der Waals surface area contributed by atoms with Gasteiger partial charge < -0.3 is 20.3 Å². The lowest BCUT2D eigenvalue weighted by Gasteiger charge is -2.11. The molecule has 0 radical (unpaired) electrons. The Bertz CT molecular complexity index is 296. The van der Waals surface area contributed by atoms with Gasteiger partial charge >= 0.3 is 12.1 Å². The third-order valence-electron chi connectivity index (χ3n) is 3.50. The number of hydrogen-bond donors (Lipinski definition) is 3. The van der Waals surface area contributed by atoms with Gasteiger partial charge in [-0.2, -0.15) is 0 Å². The first-order valence-electron chi connectivity index (χ1n) is 8.38. The van der Waals surface area contributed by atoms with Gasteiger partial charge in [-0.05, 0) is 6.42 Å². The van der Waals surface area contributed by atoms with E-state index in [9.17, 15) is 9.59 Å². The normalized spacial score (nSPS) is 11.9. The minimum atomic E-state index is -1.31. The second-order valence-corrected chi connectivity index (χ2v) is 5.54. The van der Waals surface area contributed by atoms with Crippen LogP contribution in [-0.2, 0) is 9.53 Å². The predicted octanol–water partition coefficient (Wildman–Crippen LogP) is 3.08. The molecule has 1 amide bonds. The largest absolute Gasteiger partial charge is 0.480 e. The molecule has 6 heteroatoms. The summed E-state index contributed by atoms with van der Waals surface area (Å²) in [6, 6.07) is -1.31. The van der Waals surface area contributed by atoms with Crippen LogP contribution in [0.4, 0.5) is 4.79 Å². The maximum atomic E-state index is 11.3. The van der Waals surface area contributed by atoms with Crippen molar-refractivity contribution in [2.45, 2.75) is 77.2 Å². The van der Waals surface area contributed by atoms with Crippen LogP contribution in [0.3, 0.4) is 0 Å². The number of alkyl carbamates (subject to hydrolysis) is 1. The quantitative estimate of drug-likeness (QED) is 0.428. The molecule has 3 N–H and O–H groups in total. The fraction of sp³-hybridized carbons (Fsp3) is 0.875. The molecule has 1 atom stereocenters. The lowest BCUT2D eigenvalue weighted by molar-refractivity contribution is -0.140. The zero-order chi connectivity index (χ0) is 16.6. The first-order chi connectivity index (χ1) is 10.6. The SMILES string of the molecule is CCCCCCCCCCCCOC(=O)N[C@@H](CO)C(=O)O. The number of carboxylic acids is 1. The Morgan fingerprint density at radius 3 is 1.91 bits per heavy atom. The molecule has 0 aromatic rings. The molecule has 130 valence electrons. The number of nitrogens with one attached hydrogen (secondary N) is 1. The van der Waals surface area contributed by atoms with Crippen LogP contribution >= 0.6 is 0 Å². The molecule has 6 nitrogen and oxygen atoms in total. The summed E-state index contributed by atoms with van der Waals surface area (Å²) in [6.07, 6.45) is 11.2.